The molecule has 0 spiro atoms. The van der Waals surface area contributed by atoms with Crippen LogP contribution in [-0.4, -0.2) is 22.5 Å². The first-order chi connectivity index (χ1) is 9.22. The van der Waals surface area contributed by atoms with Gasteiger partial charge >= 0.3 is 0 Å². The van der Waals surface area contributed by atoms with Crippen molar-refractivity contribution >= 4 is 0 Å². The molecule has 0 aliphatic rings. The lowest BCUT2D eigenvalue weighted by molar-refractivity contribution is 0.164. The number of nitrogens with zero attached hydrogens (tertiary/aromatic N) is 2. The number of nitrogens with two attached hydrogens (primary N) is 1. The van der Waals surface area contributed by atoms with Crippen molar-refractivity contribution in [1.29, 1.82) is 0 Å². The molecule has 2 unspecified atom stereocenters. The smallest absolute Gasteiger partial charge is 0.117 e. The Bertz CT molecular complexity index is 467. The minimum Gasteiger partial charge on any atom is -0.468 e. The quantitative estimate of drug-likeness (QED) is 0.866. The van der Waals surface area contributed by atoms with Crippen LogP contribution in [0, 0.1) is 0 Å². The Morgan fingerprint density at radius 3 is 2.74 bits per heavy atom. The normalized spacial score (nSPS) is 14.5. The van der Waals surface area contributed by atoms with Gasteiger partial charge in [-0.25, -0.2) is 0 Å². The molecule has 0 amide bonds. The van der Waals surface area contributed by atoms with E-state index in [9.17, 15) is 0 Å². The van der Waals surface area contributed by atoms with Crippen LogP contribution in [0.5, 0.6) is 0 Å². The summed E-state index contributed by atoms with van der Waals surface area (Å²) in [5.74, 6) is 0.955. The van der Waals surface area contributed by atoms with Crippen molar-refractivity contribution < 1.29 is 4.42 Å². The van der Waals surface area contributed by atoms with Crippen molar-refractivity contribution in [3.63, 3.8) is 0 Å². The molecule has 19 heavy (non-hydrogen) atoms. The van der Waals surface area contributed by atoms with Crippen LogP contribution in [0.25, 0.3) is 0 Å². The third-order valence-electron chi connectivity index (χ3n) is 3.26. The molecule has 0 aromatic carbocycles. The number of furan rings is 1. The van der Waals surface area contributed by atoms with Crippen LogP contribution < -0.4 is 5.73 Å². The zero-order valence-electron chi connectivity index (χ0n) is 11.5. The molecule has 0 aliphatic heterocycles. The molecule has 4 heteroatoms. The van der Waals surface area contributed by atoms with Gasteiger partial charge in [0.2, 0.25) is 0 Å². The highest BCUT2D eigenvalue weighted by atomic mass is 16.3. The van der Waals surface area contributed by atoms with E-state index in [4.69, 9.17) is 10.2 Å². The summed E-state index contributed by atoms with van der Waals surface area (Å²) < 4.78 is 5.43. The molecule has 0 saturated heterocycles. The van der Waals surface area contributed by atoms with Crippen molar-refractivity contribution in [2.45, 2.75) is 32.5 Å². The Labute approximate surface area is 114 Å². The number of hydrogen-bond acceptors (Lipinski definition) is 4. The second-order valence-electron chi connectivity index (χ2n) is 4.73. The average molecular weight is 259 g/mol. The van der Waals surface area contributed by atoms with E-state index in [1.54, 1.807) is 12.5 Å². The van der Waals surface area contributed by atoms with Gasteiger partial charge in [0.05, 0.1) is 18.8 Å². The highest BCUT2D eigenvalue weighted by molar-refractivity contribution is 5.16. The first-order valence-corrected chi connectivity index (χ1v) is 6.64. The number of pyridine rings is 1. The molecule has 0 fully saturated rings. The molecule has 2 aromatic rings. The molecule has 102 valence electrons. The number of rotatable bonds is 6. The largest absolute Gasteiger partial charge is 0.468 e. The molecule has 2 atom stereocenters. The van der Waals surface area contributed by atoms with Gasteiger partial charge in [0.15, 0.2) is 0 Å². The minimum absolute atomic E-state index is 0.0270. The zero-order chi connectivity index (χ0) is 13.7. The van der Waals surface area contributed by atoms with Crippen LogP contribution in [0.2, 0.25) is 0 Å². The maximum atomic E-state index is 6.17. The van der Waals surface area contributed by atoms with Gasteiger partial charge < -0.3 is 10.2 Å². The first-order valence-electron chi connectivity index (χ1n) is 6.64. The van der Waals surface area contributed by atoms with Gasteiger partial charge in [0.25, 0.3) is 0 Å². The SMILES string of the molecule is CCN(Cc1ccco1)C(c1cccnc1)C(C)N. The van der Waals surface area contributed by atoms with E-state index < -0.39 is 0 Å². The van der Waals surface area contributed by atoms with E-state index in [1.165, 1.54) is 0 Å². The molecule has 2 aromatic heterocycles. The van der Waals surface area contributed by atoms with Crippen LogP contribution in [0.4, 0.5) is 0 Å². The highest BCUT2D eigenvalue weighted by Gasteiger charge is 2.23. The van der Waals surface area contributed by atoms with Crippen molar-refractivity contribution in [3.05, 3.63) is 54.2 Å². The highest BCUT2D eigenvalue weighted by Crippen LogP contribution is 2.24. The van der Waals surface area contributed by atoms with Gasteiger partial charge in [-0.05, 0) is 37.2 Å². The summed E-state index contributed by atoms with van der Waals surface area (Å²) in [6.07, 6.45) is 5.37. The fourth-order valence-electron chi connectivity index (χ4n) is 2.41. The first kappa shape index (κ1) is 13.8. The Balaban J connectivity index is 2.21. The molecule has 2 heterocycles. The standard InChI is InChI=1S/C15H21N3O/c1-3-18(11-14-7-5-9-19-14)15(12(2)16)13-6-4-8-17-10-13/h4-10,12,15H,3,11,16H2,1-2H3. The van der Waals surface area contributed by atoms with Crippen molar-refractivity contribution in [3.8, 4) is 0 Å². The molecule has 0 radical (unpaired) electrons. The molecule has 4 nitrogen and oxygen atoms in total. The zero-order valence-corrected chi connectivity index (χ0v) is 11.5. The van der Waals surface area contributed by atoms with Gasteiger partial charge in [-0.3, -0.25) is 9.88 Å². The van der Waals surface area contributed by atoms with E-state index in [1.807, 2.05) is 31.3 Å². The molecule has 0 aliphatic carbocycles. The molecular weight excluding hydrogens is 238 g/mol. The monoisotopic (exact) mass is 259 g/mol. The summed E-state index contributed by atoms with van der Waals surface area (Å²) >= 11 is 0. The lowest BCUT2D eigenvalue weighted by atomic mass is 10.0. The number of likely N-dealkylation sites (N-methyl/N-ethyl adjacent to an activating group) is 1. The number of aromatic nitrogens is 1. The van der Waals surface area contributed by atoms with Gasteiger partial charge in [-0.1, -0.05) is 13.0 Å². The third-order valence-corrected chi connectivity index (χ3v) is 3.26. The average Bonchev–Trinajstić information content (AvgIpc) is 2.91. The maximum Gasteiger partial charge on any atom is 0.117 e. The van der Waals surface area contributed by atoms with E-state index in [2.05, 4.69) is 22.9 Å². The Morgan fingerprint density at radius 2 is 2.21 bits per heavy atom. The molecule has 2 N–H and O–H groups in total. The van der Waals surface area contributed by atoms with E-state index >= 15 is 0 Å². The third kappa shape index (κ3) is 3.43. The minimum atomic E-state index is 0.0270. The van der Waals surface area contributed by atoms with Gasteiger partial charge in [-0.15, -0.1) is 0 Å². The lowest BCUT2D eigenvalue weighted by Gasteiger charge is -2.33. The topological polar surface area (TPSA) is 55.3 Å². The van der Waals surface area contributed by atoms with Crippen LogP contribution in [0.3, 0.4) is 0 Å². The summed E-state index contributed by atoms with van der Waals surface area (Å²) in [7, 11) is 0. The van der Waals surface area contributed by atoms with E-state index in [0.717, 1.165) is 24.4 Å². The fraction of sp³-hybridized carbons (Fsp3) is 0.400. The van der Waals surface area contributed by atoms with Crippen LogP contribution >= 0.6 is 0 Å². The van der Waals surface area contributed by atoms with Gasteiger partial charge in [0.1, 0.15) is 5.76 Å². The van der Waals surface area contributed by atoms with Crippen molar-refractivity contribution in [2.75, 3.05) is 6.54 Å². The Morgan fingerprint density at radius 1 is 1.37 bits per heavy atom. The molecule has 0 bridgehead atoms. The van der Waals surface area contributed by atoms with Crippen molar-refractivity contribution in [2.24, 2.45) is 5.73 Å². The Kier molecular flexibility index (Phi) is 4.71. The molecule has 0 saturated carbocycles. The summed E-state index contributed by atoms with van der Waals surface area (Å²) in [4.78, 5) is 6.50. The lowest BCUT2D eigenvalue weighted by Crippen LogP contribution is -2.39. The second kappa shape index (κ2) is 6.50. The predicted octanol–water partition coefficient (Wildman–Crippen LogP) is 2.58. The van der Waals surface area contributed by atoms with E-state index in [-0.39, 0.29) is 12.1 Å². The summed E-state index contributed by atoms with van der Waals surface area (Å²) in [5.41, 5.74) is 7.32. The molecule has 2 rings (SSSR count). The van der Waals surface area contributed by atoms with Crippen molar-refractivity contribution in [1.82, 2.24) is 9.88 Å². The predicted molar refractivity (Wildman–Crippen MR) is 75.4 cm³/mol. The molecular formula is C15H21N3O. The van der Waals surface area contributed by atoms with Gasteiger partial charge in [-0.2, -0.15) is 0 Å². The van der Waals surface area contributed by atoms with Crippen LogP contribution in [-0.2, 0) is 6.54 Å². The maximum absolute atomic E-state index is 6.17. The summed E-state index contributed by atoms with van der Waals surface area (Å²) in [6, 6.07) is 8.10. The van der Waals surface area contributed by atoms with Crippen LogP contribution in [0.15, 0.2) is 47.3 Å². The number of hydrogen-bond donors (Lipinski definition) is 1. The van der Waals surface area contributed by atoms with Gasteiger partial charge in [0, 0.05) is 18.4 Å². The van der Waals surface area contributed by atoms with Crippen LogP contribution in [0.1, 0.15) is 31.2 Å². The summed E-state index contributed by atoms with van der Waals surface area (Å²) in [5, 5.41) is 0. The Hall–Kier alpha value is -1.65. The fourth-order valence-corrected chi connectivity index (χ4v) is 2.41. The summed E-state index contributed by atoms with van der Waals surface area (Å²) in [6.45, 7) is 5.82. The second-order valence-corrected chi connectivity index (χ2v) is 4.73. The van der Waals surface area contributed by atoms with E-state index in [0.29, 0.717) is 0 Å².